The normalized spacial score (nSPS) is 14.0. The first-order valence-electron chi connectivity index (χ1n) is 6.70. The van der Waals surface area contributed by atoms with Crippen molar-refractivity contribution < 1.29 is 18.7 Å². The van der Waals surface area contributed by atoms with Gasteiger partial charge < -0.3 is 14.8 Å². The maximum absolute atomic E-state index is 13.6. The molecule has 1 amide bonds. The van der Waals surface area contributed by atoms with E-state index in [4.69, 9.17) is 4.42 Å². The molecule has 0 fully saturated rings. The predicted octanol–water partition coefficient (Wildman–Crippen LogP) is 3.27. The van der Waals surface area contributed by atoms with Crippen LogP contribution in [0.4, 0.5) is 4.39 Å². The summed E-state index contributed by atoms with van der Waals surface area (Å²) in [4.78, 5) is 12.9. The number of halogens is 1. The van der Waals surface area contributed by atoms with E-state index >= 15 is 0 Å². The molecule has 2 heterocycles. The molecule has 1 unspecified atom stereocenters. The minimum atomic E-state index is -1.17. The molecular formula is C16H14FNO3S. The summed E-state index contributed by atoms with van der Waals surface area (Å²) in [6, 6.07) is 9.60. The van der Waals surface area contributed by atoms with Crippen LogP contribution in [0.5, 0.6) is 0 Å². The Morgan fingerprint density at radius 3 is 2.91 bits per heavy atom. The molecule has 22 heavy (non-hydrogen) atoms. The lowest BCUT2D eigenvalue weighted by atomic mass is 10.1. The van der Waals surface area contributed by atoms with Crippen LogP contribution in [0.1, 0.15) is 22.4 Å². The lowest BCUT2D eigenvalue weighted by molar-refractivity contribution is 0.0549. The van der Waals surface area contributed by atoms with Crippen molar-refractivity contribution in [3.8, 4) is 0 Å². The molecule has 6 heteroatoms. The minimum absolute atomic E-state index is 0.0158. The number of hydrogen-bond donors (Lipinski definition) is 2. The number of fused-ring (bicyclic) bond motifs is 1. The van der Waals surface area contributed by atoms with Gasteiger partial charge in [0.25, 0.3) is 5.91 Å². The number of rotatable bonds is 4. The highest BCUT2D eigenvalue weighted by Gasteiger charge is 2.26. The van der Waals surface area contributed by atoms with Crippen molar-refractivity contribution in [1.29, 1.82) is 0 Å². The van der Waals surface area contributed by atoms with Gasteiger partial charge in [0.05, 0.1) is 6.54 Å². The molecule has 0 saturated heterocycles. The third kappa shape index (κ3) is 2.75. The van der Waals surface area contributed by atoms with Crippen LogP contribution in [0.25, 0.3) is 11.0 Å². The second kappa shape index (κ2) is 5.55. The molecule has 2 N–H and O–H groups in total. The molecule has 0 aliphatic carbocycles. The molecule has 1 aromatic carbocycles. The monoisotopic (exact) mass is 319 g/mol. The SMILES string of the molecule is CC(O)(CNC(=O)c1cc2cccc(F)c2o1)c1cccs1. The second-order valence-corrected chi connectivity index (χ2v) is 6.15. The molecule has 4 nitrogen and oxygen atoms in total. The lowest BCUT2D eigenvalue weighted by Gasteiger charge is -2.21. The third-order valence-electron chi connectivity index (χ3n) is 3.37. The molecule has 3 rings (SSSR count). The van der Waals surface area contributed by atoms with E-state index in [-0.39, 0.29) is 17.9 Å². The molecule has 2 aromatic heterocycles. The van der Waals surface area contributed by atoms with Gasteiger partial charge in [0, 0.05) is 10.3 Å². The first-order chi connectivity index (χ1) is 10.5. The van der Waals surface area contributed by atoms with Crippen molar-refractivity contribution in [3.63, 3.8) is 0 Å². The second-order valence-electron chi connectivity index (χ2n) is 5.20. The van der Waals surface area contributed by atoms with Gasteiger partial charge >= 0.3 is 0 Å². The summed E-state index contributed by atoms with van der Waals surface area (Å²) < 4.78 is 18.8. The lowest BCUT2D eigenvalue weighted by Crippen LogP contribution is -2.37. The topological polar surface area (TPSA) is 62.5 Å². The van der Waals surface area contributed by atoms with Gasteiger partial charge in [-0.25, -0.2) is 4.39 Å². The van der Waals surface area contributed by atoms with Crippen LogP contribution in [-0.4, -0.2) is 17.6 Å². The van der Waals surface area contributed by atoms with Crippen LogP contribution >= 0.6 is 11.3 Å². The highest BCUT2D eigenvalue weighted by molar-refractivity contribution is 7.10. The molecule has 1 atom stereocenters. The van der Waals surface area contributed by atoms with Crippen LogP contribution in [-0.2, 0) is 5.60 Å². The third-order valence-corrected chi connectivity index (χ3v) is 4.49. The Balaban J connectivity index is 1.75. The summed E-state index contributed by atoms with van der Waals surface area (Å²) in [5, 5.41) is 15.3. The van der Waals surface area contributed by atoms with E-state index in [0.29, 0.717) is 5.39 Å². The number of amides is 1. The zero-order chi connectivity index (χ0) is 15.7. The fourth-order valence-corrected chi connectivity index (χ4v) is 2.94. The van der Waals surface area contributed by atoms with Crippen molar-refractivity contribution in [2.45, 2.75) is 12.5 Å². The van der Waals surface area contributed by atoms with Crippen LogP contribution in [0.15, 0.2) is 46.2 Å². The molecule has 0 radical (unpaired) electrons. The number of para-hydroxylation sites is 1. The Labute approximate surface area is 130 Å². The van der Waals surface area contributed by atoms with E-state index in [9.17, 15) is 14.3 Å². The van der Waals surface area contributed by atoms with Gasteiger partial charge in [-0.05, 0) is 30.5 Å². The Hall–Kier alpha value is -2.18. The van der Waals surface area contributed by atoms with Gasteiger partial charge in [0.15, 0.2) is 17.2 Å². The number of carbonyl (C=O) groups is 1. The smallest absolute Gasteiger partial charge is 0.287 e. The molecule has 0 bridgehead atoms. The molecule has 0 saturated carbocycles. The number of benzene rings is 1. The molecule has 0 aliphatic rings. The Bertz CT molecular complexity index is 808. The number of hydrogen-bond acceptors (Lipinski definition) is 4. The maximum atomic E-state index is 13.6. The summed E-state index contributed by atoms with van der Waals surface area (Å²) in [5.74, 6) is -0.989. The first-order valence-corrected chi connectivity index (χ1v) is 7.58. The predicted molar refractivity (Wildman–Crippen MR) is 82.4 cm³/mol. The van der Waals surface area contributed by atoms with Crippen molar-refractivity contribution in [2.24, 2.45) is 0 Å². The standard InChI is InChI=1S/C16H14FNO3S/c1-16(20,13-6-3-7-22-13)9-18-15(19)12-8-10-4-2-5-11(17)14(10)21-12/h2-8,20H,9H2,1H3,(H,18,19). The highest BCUT2D eigenvalue weighted by Crippen LogP contribution is 2.25. The van der Waals surface area contributed by atoms with Crippen molar-refractivity contribution in [2.75, 3.05) is 6.54 Å². The van der Waals surface area contributed by atoms with Crippen LogP contribution < -0.4 is 5.32 Å². The van der Waals surface area contributed by atoms with Gasteiger partial charge in [-0.15, -0.1) is 11.3 Å². The van der Waals surface area contributed by atoms with E-state index in [1.54, 1.807) is 25.1 Å². The van der Waals surface area contributed by atoms with Crippen molar-refractivity contribution in [3.05, 3.63) is 58.2 Å². The Kier molecular flexibility index (Phi) is 3.72. The zero-order valence-corrected chi connectivity index (χ0v) is 12.6. The average molecular weight is 319 g/mol. The minimum Gasteiger partial charge on any atom is -0.448 e. The first kappa shape index (κ1) is 14.7. The molecular weight excluding hydrogens is 305 g/mol. The highest BCUT2D eigenvalue weighted by atomic mass is 32.1. The van der Waals surface area contributed by atoms with E-state index < -0.39 is 17.3 Å². The van der Waals surface area contributed by atoms with Crippen molar-refractivity contribution in [1.82, 2.24) is 5.32 Å². The summed E-state index contributed by atoms with van der Waals surface area (Å²) in [6.45, 7) is 1.66. The molecule has 0 aliphatic heterocycles. The summed E-state index contributed by atoms with van der Waals surface area (Å²) >= 11 is 1.41. The summed E-state index contributed by atoms with van der Waals surface area (Å²) in [5.41, 5.74) is -1.11. The molecule has 0 spiro atoms. The fourth-order valence-electron chi connectivity index (χ4n) is 2.15. The summed E-state index contributed by atoms with van der Waals surface area (Å²) in [6.07, 6.45) is 0. The van der Waals surface area contributed by atoms with Crippen LogP contribution in [0, 0.1) is 5.82 Å². The van der Waals surface area contributed by atoms with Gasteiger partial charge in [-0.1, -0.05) is 18.2 Å². The average Bonchev–Trinajstić information content (AvgIpc) is 3.14. The Morgan fingerprint density at radius 1 is 1.41 bits per heavy atom. The molecule has 114 valence electrons. The fraction of sp³-hybridized carbons (Fsp3) is 0.188. The number of thiophene rings is 1. The van der Waals surface area contributed by atoms with E-state index in [0.717, 1.165) is 4.88 Å². The number of nitrogens with one attached hydrogen (secondary N) is 1. The quantitative estimate of drug-likeness (QED) is 0.776. The van der Waals surface area contributed by atoms with E-state index in [1.807, 2.05) is 11.4 Å². The van der Waals surface area contributed by atoms with Gasteiger partial charge in [0.1, 0.15) is 5.60 Å². The van der Waals surface area contributed by atoms with Crippen LogP contribution in [0.2, 0.25) is 0 Å². The number of furan rings is 1. The van der Waals surface area contributed by atoms with Gasteiger partial charge in [0.2, 0.25) is 0 Å². The molecule has 3 aromatic rings. The van der Waals surface area contributed by atoms with E-state index in [1.165, 1.54) is 23.5 Å². The maximum Gasteiger partial charge on any atom is 0.287 e. The van der Waals surface area contributed by atoms with Crippen LogP contribution in [0.3, 0.4) is 0 Å². The van der Waals surface area contributed by atoms with Gasteiger partial charge in [-0.3, -0.25) is 4.79 Å². The zero-order valence-electron chi connectivity index (χ0n) is 11.8. The van der Waals surface area contributed by atoms with Gasteiger partial charge in [-0.2, -0.15) is 0 Å². The number of carbonyl (C=O) groups excluding carboxylic acids is 1. The number of aliphatic hydroxyl groups is 1. The van der Waals surface area contributed by atoms with Crippen molar-refractivity contribution >= 4 is 28.2 Å². The summed E-state index contributed by atoms with van der Waals surface area (Å²) in [7, 11) is 0. The Morgan fingerprint density at radius 2 is 2.23 bits per heavy atom. The largest absolute Gasteiger partial charge is 0.448 e. The van der Waals surface area contributed by atoms with E-state index in [2.05, 4.69) is 5.32 Å².